The lowest BCUT2D eigenvalue weighted by Gasteiger charge is -2.23. The van der Waals surface area contributed by atoms with Crippen molar-refractivity contribution in [3.63, 3.8) is 0 Å². The van der Waals surface area contributed by atoms with Crippen molar-refractivity contribution < 1.29 is 0 Å². The molecule has 0 amide bonds. The van der Waals surface area contributed by atoms with Crippen LogP contribution in [-0.2, 0) is 0 Å². The third kappa shape index (κ3) is 4.03. The summed E-state index contributed by atoms with van der Waals surface area (Å²) in [6.07, 6.45) is 15.6. The van der Waals surface area contributed by atoms with Gasteiger partial charge in [0.1, 0.15) is 0 Å². The first kappa shape index (κ1) is 24.5. The Balaban J connectivity index is 1.36. The molecule has 0 radical (unpaired) electrons. The van der Waals surface area contributed by atoms with E-state index in [1.807, 2.05) is 24.5 Å². The van der Waals surface area contributed by atoms with Crippen LogP contribution in [0.2, 0.25) is 0 Å². The molecule has 0 aliphatic heterocycles. The second-order valence-electron chi connectivity index (χ2n) is 10.9. The second kappa shape index (κ2) is 10.2. The maximum absolute atomic E-state index is 4.80. The van der Waals surface area contributed by atoms with Crippen molar-refractivity contribution in [1.29, 1.82) is 0 Å². The molecule has 1 aliphatic carbocycles. The Morgan fingerprint density at radius 3 is 1.81 bits per heavy atom. The van der Waals surface area contributed by atoms with E-state index >= 15 is 0 Å². The van der Waals surface area contributed by atoms with Gasteiger partial charge in [-0.15, -0.1) is 0 Å². The van der Waals surface area contributed by atoms with Crippen LogP contribution < -0.4 is 0 Å². The quantitative estimate of drug-likeness (QED) is 0.209. The van der Waals surface area contributed by atoms with Gasteiger partial charge in [-0.3, -0.25) is 9.97 Å². The molecular weight excluding hydrogens is 508 g/mol. The van der Waals surface area contributed by atoms with Crippen molar-refractivity contribution in [2.24, 2.45) is 0 Å². The Bertz CT molecular complexity index is 2100. The summed E-state index contributed by atoms with van der Waals surface area (Å²) in [5.74, 6) is 0.361. The highest BCUT2D eigenvalue weighted by molar-refractivity contribution is 6.19. The second-order valence-corrected chi connectivity index (χ2v) is 10.9. The summed E-state index contributed by atoms with van der Waals surface area (Å²) in [5.41, 5.74) is 8.21. The highest BCUT2D eigenvalue weighted by atomic mass is 14.7. The summed E-state index contributed by atoms with van der Waals surface area (Å²) < 4.78 is 0. The van der Waals surface area contributed by atoms with Crippen molar-refractivity contribution in [2.45, 2.75) is 12.3 Å². The lowest BCUT2D eigenvalue weighted by molar-refractivity contribution is 0.870. The average molecular weight is 537 g/mol. The summed E-state index contributed by atoms with van der Waals surface area (Å²) in [4.78, 5) is 9.05. The van der Waals surface area contributed by atoms with Crippen molar-refractivity contribution in [3.05, 3.63) is 158 Å². The SMILES string of the molecule is C1=CCC(c2c3ccccc3c(-c3ccc(-c4ccc(-c5cccnc5)nc4)c4ccccc34)c3ccccc23)C=C1. The maximum atomic E-state index is 4.80. The molecule has 198 valence electrons. The van der Waals surface area contributed by atoms with Gasteiger partial charge in [-0.1, -0.05) is 115 Å². The first-order valence-corrected chi connectivity index (χ1v) is 14.5. The number of rotatable bonds is 4. The van der Waals surface area contributed by atoms with Crippen LogP contribution in [0.25, 0.3) is 65.8 Å². The van der Waals surface area contributed by atoms with Gasteiger partial charge in [0.2, 0.25) is 0 Å². The molecule has 1 unspecified atom stereocenters. The third-order valence-corrected chi connectivity index (χ3v) is 8.55. The van der Waals surface area contributed by atoms with Crippen LogP contribution >= 0.6 is 0 Å². The molecule has 2 heteroatoms. The molecule has 5 aromatic carbocycles. The molecule has 7 aromatic rings. The number of hydrogen-bond acceptors (Lipinski definition) is 2. The summed E-state index contributed by atoms with van der Waals surface area (Å²) in [5, 5.41) is 7.74. The van der Waals surface area contributed by atoms with E-state index in [2.05, 4.69) is 126 Å². The topological polar surface area (TPSA) is 25.8 Å². The molecule has 1 aliphatic rings. The van der Waals surface area contributed by atoms with Crippen LogP contribution in [0, 0.1) is 0 Å². The number of fused-ring (bicyclic) bond motifs is 3. The minimum atomic E-state index is 0.361. The van der Waals surface area contributed by atoms with Gasteiger partial charge in [0.15, 0.2) is 0 Å². The van der Waals surface area contributed by atoms with Crippen molar-refractivity contribution >= 4 is 32.3 Å². The van der Waals surface area contributed by atoms with E-state index in [0.717, 1.165) is 23.2 Å². The lowest BCUT2D eigenvalue weighted by atomic mass is 9.80. The van der Waals surface area contributed by atoms with E-state index < -0.39 is 0 Å². The Morgan fingerprint density at radius 2 is 1.19 bits per heavy atom. The monoisotopic (exact) mass is 536 g/mol. The van der Waals surface area contributed by atoms with E-state index in [1.165, 1.54) is 54.6 Å². The van der Waals surface area contributed by atoms with Gasteiger partial charge in [0, 0.05) is 35.6 Å². The smallest absolute Gasteiger partial charge is 0.0717 e. The van der Waals surface area contributed by atoms with Crippen LogP contribution in [0.4, 0.5) is 0 Å². The first-order chi connectivity index (χ1) is 20.9. The van der Waals surface area contributed by atoms with Gasteiger partial charge in [0.05, 0.1) is 5.69 Å². The number of benzene rings is 5. The molecule has 0 fully saturated rings. The molecule has 2 heterocycles. The molecule has 2 aromatic heterocycles. The number of aromatic nitrogens is 2. The average Bonchev–Trinajstić information content (AvgIpc) is 3.08. The van der Waals surface area contributed by atoms with Gasteiger partial charge < -0.3 is 0 Å². The Morgan fingerprint density at radius 1 is 0.524 bits per heavy atom. The Hall–Kier alpha value is -5.34. The van der Waals surface area contributed by atoms with Crippen molar-refractivity contribution in [1.82, 2.24) is 9.97 Å². The fraction of sp³-hybridized carbons (Fsp3) is 0.0500. The third-order valence-electron chi connectivity index (χ3n) is 8.55. The first-order valence-electron chi connectivity index (χ1n) is 14.5. The molecule has 42 heavy (non-hydrogen) atoms. The molecule has 0 saturated heterocycles. The highest BCUT2D eigenvalue weighted by Crippen LogP contribution is 2.46. The van der Waals surface area contributed by atoms with Gasteiger partial charge in [-0.25, -0.2) is 0 Å². The summed E-state index contributed by atoms with van der Waals surface area (Å²) in [6, 6.07) is 39.5. The zero-order valence-electron chi connectivity index (χ0n) is 23.1. The van der Waals surface area contributed by atoms with E-state index in [9.17, 15) is 0 Å². The van der Waals surface area contributed by atoms with E-state index in [4.69, 9.17) is 4.98 Å². The zero-order chi connectivity index (χ0) is 27.9. The van der Waals surface area contributed by atoms with Gasteiger partial charge in [-0.2, -0.15) is 0 Å². The predicted molar refractivity (Wildman–Crippen MR) is 176 cm³/mol. The summed E-state index contributed by atoms with van der Waals surface area (Å²) >= 11 is 0. The lowest BCUT2D eigenvalue weighted by Crippen LogP contribution is -2.01. The summed E-state index contributed by atoms with van der Waals surface area (Å²) in [7, 11) is 0. The van der Waals surface area contributed by atoms with Crippen LogP contribution in [0.3, 0.4) is 0 Å². The molecule has 1 atom stereocenters. The van der Waals surface area contributed by atoms with Crippen molar-refractivity contribution in [3.8, 4) is 33.5 Å². The number of pyridine rings is 2. The predicted octanol–water partition coefficient (Wildman–Crippen LogP) is 10.5. The normalized spacial score (nSPS) is 14.6. The zero-order valence-corrected chi connectivity index (χ0v) is 23.1. The van der Waals surface area contributed by atoms with Crippen LogP contribution in [0.15, 0.2) is 152 Å². The number of nitrogens with zero attached hydrogens (tertiary/aromatic N) is 2. The largest absolute Gasteiger partial charge is 0.264 e. The number of hydrogen-bond donors (Lipinski definition) is 0. The fourth-order valence-corrected chi connectivity index (χ4v) is 6.65. The Labute approximate surface area is 245 Å². The molecular formula is C40H28N2. The molecule has 0 spiro atoms. The fourth-order valence-electron chi connectivity index (χ4n) is 6.65. The maximum Gasteiger partial charge on any atom is 0.0717 e. The van der Waals surface area contributed by atoms with E-state index in [1.54, 1.807) is 6.20 Å². The van der Waals surface area contributed by atoms with Crippen LogP contribution in [-0.4, -0.2) is 9.97 Å². The van der Waals surface area contributed by atoms with E-state index in [0.29, 0.717) is 5.92 Å². The van der Waals surface area contributed by atoms with Gasteiger partial charge in [-0.05, 0) is 79.2 Å². The number of allylic oxidation sites excluding steroid dienone is 4. The minimum absolute atomic E-state index is 0.361. The summed E-state index contributed by atoms with van der Waals surface area (Å²) in [6.45, 7) is 0. The molecule has 0 bridgehead atoms. The minimum Gasteiger partial charge on any atom is -0.264 e. The molecule has 2 nitrogen and oxygen atoms in total. The van der Waals surface area contributed by atoms with E-state index in [-0.39, 0.29) is 0 Å². The molecule has 8 rings (SSSR count). The molecule has 0 saturated carbocycles. The van der Waals surface area contributed by atoms with Gasteiger partial charge in [0.25, 0.3) is 0 Å². The molecule has 0 N–H and O–H groups in total. The van der Waals surface area contributed by atoms with Crippen molar-refractivity contribution in [2.75, 3.05) is 0 Å². The highest BCUT2D eigenvalue weighted by Gasteiger charge is 2.21. The van der Waals surface area contributed by atoms with Crippen LogP contribution in [0.1, 0.15) is 17.9 Å². The van der Waals surface area contributed by atoms with Gasteiger partial charge >= 0.3 is 0 Å². The van der Waals surface area contributed by atoms with Crippen LogP contribution in [0.5, 0.6) is 0 Å². The standard InChI is InChI=1S/C40H28N2/c1-2-11-27(12-3-1)39-33-16-6-8-18-35(33)40(36-19-9-7-17-34(36)39)37-22-21-30(31-14-4-5-15-32(31)37)28-20-23-38(42-26-28)29-13-10-24-41-25-29/h1-11,13-27H,12H2. The Kier molecular flexibility index (Phi) is 5.97.